The Balaban J connectivity index is 1.52. The first-order chi connectivity index (χ1) is 17.0. The Kier molecular flexibility index (Phi) is 6.55. The maximum atomic E-state index is 13.5. The van der Waals surface area contributed by atoms with Gasteiger partial charge in [-0.05, 0) is 36.1 Å². The molecular formula is C26H26ClN5O3. The summed E-state index contributed by atoms with van der Waals surface area (Å²) in [6.45, 7) is 0.154. The number of fused-ring (bicyclic) bond motifs is 1. The molecule has 0 radical (unpaired) electrons. The van der Waals surface area contributed by atoms with Crippen LogP contribution in [0.15, 0.2) is 70.5 Å². The molecule has 4 aromatic rings. The molecule has 2 aromatic heterocycles. The van der Waals surface area contributed by atoms with Gasteiger partial charge in [-0.1, -0.05) is 66.9 Å². The Hall–Kier alpha value is -3.65. The molecule has 35 heavy (non-hydrogen) atoms. The van der Waals surface area contributed by atoms with Gasteiger partial charge in [0.15, 0.2) is 11.2 Å². The minimum atomic E-state index is -0.551. The van der Waals surface area contributed by atoms with E-state index in [1.165, 1.54) is 4.57 Å². The number of nitrogens with zero attached hydrogens (tertiary/aromatic N) is 4. The van der Waals surface area contributed by atoms with E-state index in [2.05, 4.69) is 10.3 Å². The van der Waals surface area contributed by atoms with Crippen LogP contribution < -0.4 is 16.6 Å². The number of carbonyl (C=O) groups excluding carboxylic acids is 1. The number of rotatable bonds is 7. The van der Waals surface area contributed by atoms with Crippen LogP contribution in [0, 0.1) is 0 Å². The third-order valence-electron chi connectivity index (χ3n) is 6.55. The second-order valence-corrected chi connectivity index (χ2v) is 9.35. The van der Waals surface area contributed by atoms with Crippen LogP contribution in [0.25, 0.3) is 11.2 Å². The highest BCUT2D eigenvalue weighted by Gasteiger charge is 2.24. The third kappa shape index (κ3) is 4.79. The van der Waals surface area contributed by atoms with Gasteiger partial charge < -0.3 is 9.88 Å². The lowest BCUT2D eigenvalue weighted by molar-refractivity contribution is -0.121. The van der Waals surface area contributed by atoms with E-state index in [4.69, 9.17) is 11.6 Å². The Morgan fingerprint density at radius 2 is 1.69 bits per heavy atom. The number of hydrogen-bond donors (Lipinski definition) is 1. The molecule has 1 amide bonds. The first-order valence-corrected chi connectivity index (χ1v) is 12.1. The van der Waals surface area contributed by atoms with Crippen LogP contribution >= 0.6 is 11.6 Å². The highest BCUT2D eigenvalue weighted by atomic mass is 35.5. The molecule has 8 nitrogen and oxygen atoms in total. The summed E-state index contributed by atoms with van der Waals surface area (Å²) in [6.07, 6.45) is 5.77. The largest absolute Gasteiger partial charge is 0.350 e. The fourth-order valence-electron chi connectivity index (χ4n) is 4.72. The zero-order chi connectivity index (χ0) is 24.4. The molecule has 0 aliphatic heterocycles. The smallest absolute Gasteiger partial charge is 0.333 e. The Morgan fingerprint density at radius 1 is 0.971 bits per heavy atom. The molecule has 0 saturated heterocycles. The molecule has 2 heterocycles. The van der Waals surface area contributed by atoms with Gasteiger partial charge in [0, 0.05) is 17.6 Å². The fraction of sp³-hybridized carbons (Fsp3) is 0.308. The van der Waals surface area contributed by atoms with Crippen molar-refractivity contribution in [2.45, 2.75) is 51.4 Å². The van der Waals surface area contributed by atoms with Crippen molar-refractivity contribution < 1.29 is 4.79 Å². The van der Waals surface area contributed by atoms with Gasteiger partial charge in [0.05, 0.1) is 12.9 Å². The molecule has 1 saturated carbocycles. The van der Waals surface area contributed by atoms with E-state index < -0.39 is 17.2 Å². The monoisotopic (exact) mass is 491 g/mol. The summed E-state index contributed by atoms with van der Waals surface area (Å²) < 4.78 is 4.41. The number of hydrogen-bond acceptors (Lipinski definition) is 4. The summed E-state index contributed by atoms with van der Waals surface area (Å²) in [5.74, 6) is -0.420. The molecule has 180 valence electrons. The van der Waals surface area contributed by atoms with Crippen molar-refractivity contribution in [3.8, 4) is 0 Å². The van der Waals surface area contributed by atoms with Crippen molar-refractivity contribution in [1.82, 2.24) is 24.0 Å². The van der Waals surface area contributed by atoms with Crippen molar-refractivity contribution >= 4 is 28.7 Å². The number of carbonyl (C=O) groups is 1. The van der Waals surface area contributed by atoms with E-state index in [0.717, 1.165) is 41.4 Å². The van der Waals surface area contributed by atoms with Gasteiger partial charge in [-0.3, -0.25) is 14.2 Å². The number of amides is 1. The molecule has 0 atom stereocenters. The topological polar surface area (TPSA) is 90.9 Å². The lowest BCUT2D eigenvalue weighted by atomic mass is 10.2. The summed E-state index contributed by atoms with van der Waals surface area (Å²) in [5, 5.41) is 3.40. The van der Waals surface area contributed by atoms with Crippen molar-refractivity contribution in [2.75, 3.05) is 0 Å². The Morgan fingerprint density at radius 3 is 2.40 bits per heavy atom. The first kappa shape index (κ1) is 23.1. The van der Waals surface area contributed by atoms with Crippen LogP contribution in [-0.2, 0) is 24.4 Å². The second-order valence-electron chi connectivity index (χ2n) is 8.91. The molecule has 9 heteroatoms. The SMILES string of the molecule is O=C(Cn1c(=O)c2c(ncn2C2CCCC2)n(Cc2ccccc2)c1=O)NCc1ccc(Cl)cc1. The second kappa shape index (κ2) is 9.92. The normalized spacial score (nSPS) is 14.0. The van der Waals surface area contributed by atoms with Crippen molar-refractivity contribution in [2.24, 2.45) is 0 Å². The molecular weight excluding hydrogens is 466 g/mol. The maximum Gasteiger partial charge on any atom is 0.333 e. The van der Waals surface area contributed by atoms with Crippen LogP contribution in [0.3, 0.4) is 0 Å². The lowest BCUT2D eigenvalue weighted by Crippen LogP contribution is -2.44. The van der Waals surface area contributed by atoms with Gasteiger partial charge in [-0.2, -0.15) is 0 Å². The van der Waals surface area contributed by atoms with Crippen molar-refractivity contribution in [3.63, 3.8) is 0 Å². The zero-order valence-corrected chi connectivity index (χ0v) is 19.9. The van der Waals surface area contributed by atoms with Crippen LogP contribution in [0.2, 0.25) is 5.02 Å². The van der Waals surface area contributed by atoms with Crippen molar-refractivity contribution in [3.05, 3.63) is 97.9 Å². The van der Waals surface area contributed by atoms with E-state index in [1.54, 1.807) is 18.5 Å². The number of nitrogens with one attached hydrogen (secondary N) is 1. The molecule has 0 spiro atoms. The third-order valence-corrected chi connectivity index (χ3v) is 6.80. The molecule has 0 unspecified atom stereocenters. The zero-order valence-electron chi connectivity index (χ0n) is 19.2. The van der Waals surface area contributed by atoms with Crippen molar-refractivity contribution in [1.29, 1.82) is 0 Å². The summed E-state index contributed by atoms with van der Waals surface area (Å²) in [4.78, 5) is 44.3. The average molecular weight is 492 g/mol. The fourth-order valence-corrected chi connectivity index (χ4v) is 4.84. The van der Waals surface area contributed by atoms with Gasteiger partial charge in [0.2, 0.25) is 5.91 Å². The standard InChI is InChI=1S/C26H26ClN5O3/c27-20-12-10-18(11-13-20)14-28-22(33)16-31-25(34)23-24(29-17-32(23)21-8-4-5-9-21)30(26(31)35)15-19-6-2-1-3-7-19/h1-3,6-7,10-13,17,21H,4-5,8-9,14-16H2,(H,28,33). The highest BCUT2D eigenvalue weighted by Crippen LogP contribution is 2.31. The average Bonchev–Trinajstić information content (AvgIpc) is 3.55. The van der Waals surface area contributed by atoms with E-state index >= 15 is 0 Å². The van der Waals surface area contributed by atoms with Crippen LogP contribution in [-0.4, -0.2) is 24.6 Å². The minimum Gasteiger partial charge on any atom is -0.350 e. The molecule has 1 N–H and O–H groups in total. The number of imidazole rings is 1. The predicted molar refractivity (Wildman–Crippen MR) is 135 cm³/mol. The van der Waals surface area contributed by atoms with Gasteiger partial charge in [0.1, 0.15) is 6.54 Å². The molecule has 5 rings (SSSR count). The molecule has 1 aliphatic rings. The maximum absolute atomic E-state index is 13.5. The predicted octanol–water partition coefficient (Wildman–Crippen LogP) is 3.49. The number of benzene rings is 2. The molecule has 2 aromatic carbocycles. The van der Waals surface area contributed by atoms with E-state index in [1.807, 2.05) is 47.0 Å². The van der Waals surface area contributed by atoms with E-state index in [-0.39, 0.29) is 25.7 Å². The van der Waals surface area contributed by atoms with Crippen LogP contribution in [0.5, 0.6) is 0 Å². The Bertz CT molecular complexity index is 1470. The summed E-state index contributed by atoms with van der Waals surface area (Å²) >= 11 is 5.92. The van der Waals surface area contributed by atoms with Crippen LogP contribution in [0.1, 0.15) is 42.9 Å². The Labute approximate surface area is 206 Å². The van der Waals surface area contributed by atoms with E-state index in [9.17, 15) is 14.4 Å². The quantitative estimate of drug-likeness (QED) is 0.428. The molecule has 1 aliphatic carbocycles. The van der Waals surface area contributed by atoms with Gasteiger partial charge in [-0.15, -0.1) is 0 Å². The summed E-state index contributed by atoms with van der Waals surface area (Å²) in [7, 11) is 0. The van der Waals surface area contributed by atoms with Gasteiger partial charge in [0.25, 0.3) is 5.56 Å². The molecule has 0 bridgehead atoms. The lowest BCUT2D eigenvalue weighted by Gasteiger charge is -2.15. The van der Waals surface area contributed by atoms with Gasteiger partial charge in [-0.25, -0.2) is 14.3 Å². The first-order valence-electron chi connectivity index (χ1n) is 11.8. The highest BCUT2D eigenvalue weighted by molar-refractivity contribution is 6.30. The minimum absolute atomic E-state index is 0.169. The van der Waals surface area contributed by atoms with Crippen LogP contribution in [0.4, 0.5) is 0 Å². The summed E-state index contributed by atoms with van der Waals surface area (Å²) in [6, 6.07) is 16.8. The molecule has 1 fully saturated rings. The van der Waals surface area contributed by atoms with E-state index in [0.29, 0.717) is 16.2 Å². The summed E-state index contributed by atoms with van der Waals surface area (Å²) in [5.41, 5.74) is 1.46. The number of halogens is 1. The number of aromatic nitrogens is 4. The van der Waals surface area contributed by atoms with Gasteiger partial charge >= 0.3 is 5.69 Å².